The molecule has 0 aliphatic carbocycles. The summed E-state index contributed by atoms with van der Waals surface area (Å²) >= 11 is 0. The fourth-order valence-corrected chi connectivity index (χ4v) is 1.55. The molecule has 8 heteroatoms. The van der Waals surface area contributed by atoms with Gasteiger partial charge < -0.3 is 20.3 Å². The van der Waals surface area contributed by atoms with Gasteiger partial charge in [-0.2, -0.15) is 0 Å². The fourth-order valence-electron chi connectivity index (χ4n) is 1.55. The SMILES string of the molecule is COC(=O)CCC(NC(=O)c1cc(F)ccc1O)C(=O)O. The second-order valence-electron chi connectivity index (χ2n) is 4.14. The molecule has 0 radical (unpaired) electrons. The van der Waals surface area contributed by atoms with Crippen LogP contribution in [0, 0.1) is 5.82 Å². The zero-order chi connectivity index (χ0) is 16.0. The first-order chi connectivity index (χ1) is 9.85. The van der Waals surface area contributed by atoms with E-state index in [1.54, 1.807) is 0 Å². The average Bonchev–Trinajstić information content (AvgIpc) is 2.44. The summed E-state index contributed by atoms with van der Waals surface area (Å²) in [7, 11) is 1.15. The first-order valence-corrected chi connectivity index (χ1v) is 5.94. The molecule has 0 aliphatic heterocycles. The molecule has 1 atom stereocenters. The number of amides is 1. The van der Waals surface area contributed by atoms with Crippen LogP contribution >= 0.6 is 0 Å². The standard InChI is InChI=1S/C13H14FNO6/c1-21-11(17)5-3-9(13(19)20)15-12(18)8-6-7(14)2-4-10(8)16/h2,4,6,9,16H,3,5H2,1H3,(H,15,18)(H,19,20). The van der Waals surface area contributed by atoms with Gasteiger partial charge in [-0.15, -0.1) is 0 Å². The van der Waals surface area contributed by atoms with E-state index >= 15 is 0 Å². The predicted molar refractivity (Wildman–Crippen MR) is 68.2 cm³/mol. The van der Waals surface area contributed by atoms with E-state index in [-0.39, 0.29) is 18.4 Å². The number of nitrogens with one attached hydrogen (secondary N) is 1. The van der Waals surface area contributed by atoms with Crippen molar-refractivity contribution in [1.29, 1.82) is 0 Å². The van der Waals surface area contributed by atoms with Crippen LogP contribution in [0.1, 0.15) is 23.2 Å². The van der Waals surface area contributed by atoms with E-state index in [1.807, 2.05) is 0 Å². The number of carbonyl (C=O) groups excluding carboxylic acids is 2. The van der Waals surface area contributed by atoms with Gasteiger partial charge in [0.15, 0.2) is 0 Å². The second kappa shape index (κ2) is 7.22. The Balaban J connectivity index is 2.79. The van der Waals surface area contributed by atoms with E-state index in [0.29, 0.717) is 0 Å². The van der Waals surface area contributed by atoms with Crippen molar-refractivity contribution >= 4 is 17.8 Å². The van der Waals surface area contributed by atoms with Gasteiger partial charge in [0, 0.05) is 6.42 Å². The molecule has 0 bridgehead atoms. The van der Waals surface area contributed by atoms with Crippen LogP contribution in [0.3, 0.4) is 0 Å². The monoisotopic (exact) mass is 299 g/mol. The van der Waals surface area contributed by atoms with Crippen molar-refractivity contribution in [2.24, 2.45) is 0 Å². The molecule has 0 fully saturated rings. The molecule has 0 saturated carbocycles. The zero-order valence-electron chi connectivity index (χ0n) is 11.1. The summed E-state index contributed by atoms with van der Waals surface area (Å²) < 4.78 is 17.4. The van der Waals surface area contributed by atoms with Crippen molar-refractivity contribution < 1.29 is 33.7 Å². The molecular formula is C13H14FNO6. The van der Waals surface area contributed by atoms with Gasteiger partial charge in [0.1, 0.15) is 17.6 Å². The molecule has 21 heavy (non-hydrogen) atoms. The number of aliphatic carboxylic acids is 1. The Hall–Kier alpha value is -2.64. The number of methoxy groups -OCH3 is 1. The van der Waals surface area contributed by atoms with E-state index in [2.05, 4.69) is 10.1 Å². The van der Waals surface area contributed by atoms with Gasteiger partial charge in [-0.1, -0.05) is 0 Å². The number of carbonyl (C=O) groups is 3. The van der Waals surface area contributed by atoms with Crippen molar-refractivity contribution in [3.63, 3.8) is 0 Å². The van der Waals surface area contributed by atoms with Gasteiger partial charge in [-0.05, 0) is 24.6 Å². The largest absolute Gasteiger partial charge is 0.507 e. The Morgan fingerprint density at radius 3 is 2.62 bits per heavy atom. The summed E-state index contributed by atoms with van der Waals surface area (Å²) in [5.74, 6) is -4.16. The average molecular weight is 299 g/mol. The van der Waals surface area contributed by atoms with Crippen molar-refractivity contribution in [3.05, 3.63) is 29.6 Å². The molecule has 1 aromatic carbocycles. The molecule has 1 amide bonds. The number of ether oxygens (including phenoxy) is 1. The third-order valence-corrected chi connectivity index (χ3v) is 2.67. The number of esters is 1. The predicted octanol–water partition coefficient (Wildman–Crippen LogP) is 0.667. The van der Waals surface area contributed by atoms with E-state index in [4.69, 9.17) is 5.11 Å². The Morgan fingerprint density at radius 2 is 2.05 bits per heavy atom. The molecule has 0 spiro atoms. The zero-order valence-corrected chi connectivity index (χ0v) is 11.1. The van der Waals surface area contributed by atoms with Crippen LogP contribution in [0.15, 0.2) is 18.2 Å². The summed E-state index contributed by atoms with van der Waals surface area (Å²) in [4.78, 5) is 33.8. The highest BCUT2D eigenvalue weighted by Crippen LogP contribution is 2.18. The number of hydrogen-bond acceptors (Lipinski definition) is 5. The molecular weight excluding hydrogens is 285 g/mol. The first-order valence-electron chi connectivity index (χ1n) is 5.94. The minimum Gasteiger partial charge on any atom is -0.507 e. The second-order valence-corrected chi connectivity index (χ2v) is 4.14. The smallest absolute Gasteiger partial charge is 0.326 e. The number of aromatic hydroxyl groups is 1. The normalized spacial score (nSPS) is 11.5. The van der Waals surface area contributed by atoms with Crippen LogP contribution in [-0.2, 0) is 14.3 Å². The highest BCUT2D eigenvalue weighted by molar-refractivity contribution is 5.98. The van der Waals surface area contributed by atoms with Crippen LogP contribution in [0.25, 0.3) is 0 Å². The number of benzene rings is 1. The topological polar surface area (TPSA) is 113 Å². The minimum absolute atomic E-state index is 0.191. The van der Waals surface area contributed by atoms with E-state index < -0.39 is 35.5 Å². The van der Waals surface area contributed by atoms with E-state index in [1.165, 1.54) is 0 Å². The van der Waals surface area contributed by atoms with Gasteiger partial charge in [0.05, 0.1) is 12.7 Å². The fraction of sp³-hybridized carbons (Fsp3) is 0.308. The minimum atomic E-state index is -1.36. The number of hydrogen-bond donors (Lipinski definition) is 3. The maximum absolute atomic E-state index is 13.0. The van der Waals surface area contributed by atoms with E-state index in [0.717, 1.165) is 25.3 Å². The van der Waals surface area contributed by atoms with Crippen LogP contribution in [-0.4, -0.2) is 41.2 Å². The summed E-state index contributed by atoms with van der Waals surface area (Å²) in [6.07, 6.45) is -0.396. The lowest BCUT2D eigenvalue weighted by molar-refractivity contribution is -0.142. The Kier molecular flexibility index (Phi) is 5.65. The van der Waals surface area contributed by atoms with Gasteiger partial charge in [0.2, 0.25) is 0 Å². The van der Waals surface area contributed by atoms with Gasteiger partial charge in [0.25, 0.3) is 5.91 Å². The maximum Gasteiger partial charge on any atom is 0.326 e. The molecule has 0 saturated heterocycles. The molecule has 1 aromatic rings. The van der Waals surface area contributed by atoms with Crippen LogP contribution in [0.2, 0.25) is 0 Å². The quantitative estimate of drug-likeness (QED) is 0.665. The number of phenolic OH excluding ortho intramolecular Hbond substituents is 1. The van der Waals surface area contributed by atoms with Crippen molar-refractivity contribution in [1.82, 2.24) is 5.32 Å². The highest BCUT2D eigenvalue weighted by atomic mass is 19.1. The van der Waals surface area contributed by atoms with Gasteiger partial charge in [-0.3, -0.25) is 9.59 Å². The third-order valence-electron chi connectivity index (χ3n) is 2.67. The Morgan fingerprint density at radius 1 is 1.38 bits per heavy atom. The summed E-state index contributed by atoms with van der Waals surface area (Å²) in [6.45, 7) is 0. The summed E-state index contributed by atoms with van der Waals surface area (Å²) in [6, 6.07) is 1.36. The van der Waals surface area contributed by atoms with Crippen LogP contribution < -0.4 is 5.32 Å². The maximum atomic E-state index is 13.0. The first kappa shape index (κ1) is 16.4. The molecule has 3 N–H and O–H groups in total. The summed E-state index contributed by atoms with van der Waals surface area (Å²) in [5, 5.41) is 20.5. The molecule has 114 valence electrons. The Bertz CT molecular complexity index is 560. The summed E-state index contributed by atoms with van der Waals surface area (Å²) in [5.41, 5.74) is -0.390. The van der Waals surface area contributed by atoms with Crippen molar-refractivity contribution in [2.45, 2.75) is 18.9 Å². The molecule has 0 aliphatic rings. The van der Waals surface area contributed by atoms with Crippen LogP contribution in [0.5, 0.6) is 5.75 Å². The lowest BCUT2D eigenvalue weighted by Gasteiger charge is -2.14. The van der Waals surface area contributed by atoms with Gasteiger partial charge >= 0.3 is 11.9 Å². The Labute approximate surface area is 119 Å². The number of phenols is 1. The number of carboxylic acid groups (broad SMARTS) is 1. The molecule has 1 rings (SSSR count). The van der Waals surface area contributed by atoms with Crippen LogP contribution in [0.4, 0.5) is 4.39 Å². The molecule has 0 aromatic heterocycles. The number of carboxylic acids is 1. The van der Waals surface area contributed by atoms with Crippen molar-refractivity contribution in [3.8, 4) is 5.75 Å². The number of halogens is 1. The molecule has 0 heterocycles. The molecule has 7 nitrogen and oxygen atoms in total. The van der Waals surface area contributed by atoms with E-state index in [9.17, 15) is 23.9 Å². The number of rotatable bonds is 6. The third kappa shape index (κ3) is 4.75. The lowest BCUT2D eigenvalue weighted by atomic mass is 10.1. The molecule has 1 unspecified atom stereocenters. The van der Waals surface area contributed by atoms with Crippen molar-refractivity contribution in [2.75, 3.05) is 7.11 Å². The highest BCUT2D eigenvalue weighted by Gasteiger charge is 2.23. The van der Waals surface area contributed by atoms with Gasteiger partial charge in [-0.25, -0.2) is 9.18 Å². The lowest BCUT2D eigenvalue weighted by Crippen LogP contribution is -2.41.